The topological polar surface area (TPSA) is 24.5 Å². The lowest BCUT2D eigenvalue weighted by Gasteiger charge is -2.26. The van der Waals surface area contributed by atoms with Crippen LogP contribution in [0.15, 0.2) is 72.8 Å². The highest BCUT2D eigenvalue weighted by atomic mass is 16.7. The lowest BCUT2D eigenvalue weighted by Crippen LogP contribution is -2.58. The first-order chi connectivity index (χ1) is 15.4. The van der Waals surface area contributed by atoms with Crippen molar-refractivity contribution in [1.82, 2.24) is 0 Å². The molecule has 6 rings (SSSR count). The Morgan fingerprint density at radius 2 is 0.871 bits per heavy atom. The Kier molecular flexibility index (Phi) is 6.91. The molecule has 0 bridgehead atoms. The van der Waals surface area contributed by atoms with E-state index in [1.54, 1.807) is 0 Å². The summed E-state index contributed by atoms with van der Waals surface area (Å²) in [5.41, 5.74) is 4.18. The monoisotopic (exact) mass is 416 g/mol. The van der Waals surface area contributed by atoms with Crippen LogP contribution in [-0.4, -0.2) is 27.6 Å². The van der Waals surface area contributed by atoms with Gasteiger partial charge in [-0.1, -0.05) is 77.9 Å². The highest BCUT2D eigenvalue weighted by molar-refractivity contribution is 5.85. The zero-order valence-electron chi connectivity index (χ0n) is 19.3. The van der Waals surface area contributed by atoms with Crippen molar-refractivity contribution in [2.45, 2.75) is 47.6 Å². The van der Waals surface area contributed by atoms with E-state index in [9.17, 15) is 0 Å². The summed E-state index contributed by atoms with van der Waals surface area (Å²) in [6.45, 7) is 12.0. The summed E-state index contributed by atoms with van der Waals surface area (Å²) in [4.78, 5) is 0. The molecule has 4 nitrogen and oxygen atoms in total. The summed E-state index contributed by atoms with van der Waals surface area (Å²) >= 11 is 0. The van der Waals surface area contributed by atoms with Crippen molar-refractivity contribution in [2.24, 2.45) is 0 Å². The van der Waals surface area contributed by atoms with Gasteiger partial charge in [0.15, 0.2) is 23.9 Å². The molecule has 3 aliphatic heterocycles. The smallest absolute Gasteiger partial charge is 0.340 e. The van der Waals surface area contributed by atoms with Gasteiger partial charge in [-0.3, -0.25) is 0 Å². The van der Waals surface area contributed by atoms with Crippen molar-refractivity contribution in [2.75, 3.05) is 0 Å². The summed E-state index contributed by atoms with van der Waals surface area (Å²) in [5, 5.41) is 0. The predicted octanol–water partition coefficient (Wildman–Crippen LogP) is 6.70. The van der Waals surface area contributed by atoms with Crippen molar-refractivity contribution < 1.29 is 18.6 Å². The quantitative estimate of drug-likeness (QED) is 0.381. The van der Waals surface area contributed by atoms with E-state index in [0.717, 1.165) is 34.0 Å². The standard InChI is InChI=1S/C21H14N2O2.3C2H6/c1-5-11-19-15(7-1)13-22-17-9-3-4-10-18(17)23-14-16-8-2-6-12-20(16)25-21(22,23)24-19;3*1-2/h1-14H;3*1-2H3/q+2;;;. The van der Waals surface area contributed by atoms with Gasteiger partial charge in [0.1, 0.15) is 0 Å². The minimum Gasteiger partial charge on any atom is -0.340 e. The van der Waals surface area contributed by atoms with Crippen LogP contribution in [0.3, 0.4) is 0 Å². The Labute approximate surface area is 185 Å². The maximum Gasteiger partial charge on any atom is 0.715 e. The maximum absolute atomic E-state index is 6.45. The predicted molar refractivity (Wildman–Crippen MR) is 128 cm³/mol. The summed E-state index contributed by atoms with van der Waals surface area (Å²) in [6.07, 6.45) is 4.19. The maximum atomic E-state index is 6.45. The fraction of sp³-hybridized carbons (Fsp3) is 0.259. The molecule has 3 aliphatic rings. The van der Waals surface area contributed by atoms with Crippen LogP contribution in [0.2, 0.25) is 0 Å². The molecule has 0 amide bonds. The van der Waals surface area contributed by atoms with Crippen molar-refractivity contribution in [1.29, 1.82) is 0 Å². The number of hydrogen-bond donors (Lipinski definition) is 0. The number of para-hydroxylation sites is 4. The van der Waals surface area contributed by atoms with Crippen molar-refractivity contribution in [3.8, 4) is 11.5 Å². The first-order valence-electron chi connectivity index (χ1n) is 11.3. The number of ether oxygens (including phenoxy) is 2. The van der Waals surface area contributed by atoms with Crippen LogP contribution in [0, 0.1) is 0 Å². The third kappa shape index (κ3) is 3.52. The Morgan fingerprint density at radius 1 is 0.516 bits per heavy atom. The second-order valence-corrected chi connectivity index (χ2v) is 6.32. The molecule has 160 valence electrons. The van der Waals surface area contributed by atoms with Crippen molar-refractivity contribution >= 4 is 23.8 Å². The van der Waals surface area contributed by atoms with Crippen molar-refractivity contribution in [3.05, 3.63) is 83.9 Å². The van der Waals surface area contributed by atoms with Crippen LogP contribution in [0.5, 0.6) is 11.5 Å². The molecule has 3 aromatic carbocycles. The lowest BCUT2D eigenvalue weighted by molar-refractivity contribution is -0.831. The number of fused-ring (bicyclic) bond motifs is 5. The van der Waals surface area contributed by atoms with Crippen LogP contribution in [0.1, 0.15) is 52.7 Å². The molecule has 0 aliphatic carbocycles. The highest BCUT2D eigenvalue weighted by Crippen LogP contribution is 2.48. The van der Waals surface area contributed by atoms with Crippen LogP contribution in [0.25, 0.3) is 0 Å². The van der Waals surface area contributed by atoms with Gasteiger partial charge in [0.2, 0.25) is 0 Å². The molecule has 0 unspecified atom stereocenters. The number of benzene rings is 3. The largest absolute Gasteiger partial charge is 0.715 e. The number of nitrogens with zero attached hydrogens (tertiary/aromatic N) is 2. The molecule has 0 N–H and O–H groups in total. The van der Waals surface area contributed by atoms with Gasteiger partial charge in [0, 0.05) is 12.1 Å². The Balaban J connectivity index is 0.000000421. The molecular weight excluding hydrogens is 384 g/mol. The van der Waals surface area contributed by atoms with Crippen molar-refractivity contribution in [3.63, 3.8) is 0 Å². The molecule has 0 radical (unpaired) electrons. The van der Waals surface area contributed by atoms with Gasteiger partial charge in [0.05, 0.1) is 11.1 Å². The third-order valence-corrected chi connectivity index (χ3v) is 4.87. The fourth-order valence-corrected chi connectivity index (χ4v) is 3.74. The zero-order valence-corrected chi connectivity index (χ0v) is 19.3. The van der Waals surface area contributed by atoms with E-state index < -0.39 is 6.03 Å². The molecule has 0 saturated heterocycles. The van der Waals surface area contributed by atoms with Gasteiger partial charge >= 0.3 is 6.03 Å². The Bertz CT molecular complexity index is 1030. The minimum absolute atomic E-state index is 0.810. The van der Waals surface area contributed by atoms with E-state index in [1.165, 1.54) is 0 Å². The molecule has 0 aromatic heterocycles. The molecule has 0 atom stereocenters. The van der Waals surface area contributed by atoms with Crippen LogP contribution in [0.4, 0.5) is 11.4 Å². The first kappa shape index (κ1) is 22.3. The number of rotatable bonds is 0. The first-order valence-corrected chi connectivity index (χ1v) is 11.3. The summed E-state index contributed by atoms with van der Waals surface area (Å²) < 4.78 is 17.0. The highest BCUT2D eigenvalue weighted by Gasteiger charge is 2.72. The van der Waals surface area contributed by atoms with E-state index in [-0.39, 0.29) is 0 Å². The lowest BCUT2D eigenvalue weighted by atomic mass is 10.2. The number of hydrogen-bond acceptors (Lipinski definition) is 2. The average Bonchev–Trinajstić information content (AvgIpc) is 3.13. The third-order valence-electron chi connectivity index (χ3n) is 4.87. The van der Waals surface area contributed by atoms with E-state index in [4.69, 9.17) is 9.47 Å². The molecule has 0 saturated carbocycles. The SMILES string of the molecule is C1=[N+]2c3ccccc3[N+]3=Cc4ccccc4OC23Oc2ccccc21.CC.CC.CC. The van der Waals surface area contributed by atoms with Gasteiger partial charge in [-0.2, -0.15) is 0 Å². The van der Waals surface area contributed by atoms with Crippen LogP contribution < -0.4 is 9.47 Å². The molecule has 3 heterocycles. The van der Waals surface area contributed by atoms with E-state index in [2.05, 4.69) is 33.7 Å². The zero-order chi connectivity index (χ0) is 22.4. The minimum atomic E-state index is -1.06. The van der Waals surface area contributed by atoms with E-state index in [0.29, 0.717) is 0 Å². The van der Waals surface area contributed by atoms with Crippen LogP contribution in [-0.2, 0) is 0 Å². The average molecular weight is 417 g/mol. The van der Waals surface area contributed by atoms with Gasteiger partial charge in [-0.15, -0.1) is 0 Å². The van der Waals surface area contributed by atoms with E-state index in [1.807, 2.05) is 102 Å². The van der Waals surface area contributed by atoms with Gasteiger partial charge in [-0.25, -0.2) is 0 Å². The molecule has 1 spiro atoms. The Hall–Kier alpha value is -3.40. The second-order valence-electron chi connectivity index (χ2n) is 6.32. The van der Waals surface area contributed by atoms with E-state index >= 15 is 0 Å². The summed E-state index contributed by atoms with van der Waals surface area (Å²) in [7, 11) is 0. The summed E-state index contributed by atoms with van der Waals surface area (Å²) in [5.74, 6) is 1.62. The molecule has 0 fully saturated rings. The molecule has 4 heteroatoms. The molecular formula is C27H32N2O2+2. The van der Waals surface area contributed by atoms with Crippen LogP contribution >= 0.6 is 0 Å². The molecule has 31 heavy (non-hydrogen) atoms. The fourth-order valence-electron chi connectivity index (χ4n) is 3.74. The summed E-state index contributed by atoms with van der Waals surface area (Å²) in [6, 6.07) is 23.2. The normalized spacial score (nSPS) is 14.6. The second kappa shape index (κ2) is 9.61. The van der Waals surface area contributed by atoms with Gasteiger partial charge < -0.3 is 9.47 Å². The van der Waals surface area contributed by atoms with Gasteiger partial charge in [-0.05, 0) is 33.4 Å². The Morgan fingerprint density at radius 3 is 1.29 bits per heavy atom. The van der Waals surface area contributed by atoms with Gasteiger partial charge in [0.25, 0.3) is 11.4 Å². The molecule has 3 aromatic rings.